The van der Waals surface area contributed by atoms with E-state index in [1.807, 2.05) is 48.5 Å². The summed E-state index contributed by atoms with van der Waals surface area (Å²) in [6, 6.07) is 23.8. The van der Waals surface area contributed by atoms with Crippen molar-refractivity contribution in [2.45, 2.75) is 58.3 Å². The molecule has 0 aliphatic heterocycles. The fourth-order valence-electron chi connectivity index (χ4n) is 4.45. The predicted molar refractivity (Wildman–Crippen MR) is 179 cm³/mol. The second-order valence-electron chi connectivity index (χ2n) is 10.7. The molecule has 0 aromatic heterocycles. The molecule has 0 radical (unpaired) electrons. The van der Waals surface area contributed by atoms with Crippen LogP contribution in [0.2, 0.25) is 0 Å². The molecule has 0 unspecified atom stereocenters. The van der Waals surface area contributed by atoms with Crippen molar-refractivity contribution in [1.29, 1.82) is 0 Å². The van der Waals surface area contributed by atoms with Crippen LogP contribution in [0.15, 0.2) is 91.0 Å². The van der Waals surface area contributed by atoms with Crippen molar-refractivity contribution in [3.8, 4) is 28.4 Å². The van der Waals surface area contributed by atoms with Gasteiger partial charge in [-0.05, 0) is 106 Å². The molecule has 3 rings (SSSR count). The molecule has 0 N–H and O–H groups in total. The molecule has 0 saturated heterocycles. The van der Waals surface area contributed by atoms with E-state index in [0.29, 0.717) is 37.8 Å². The molecule has 0 spiro atoms. The second-order valence-corrected chi connectivity index (χ2v) is 10.7. The van der Waals surface area contributed by atoms with Crippen molar-refractivity contribution in [3.63, 3.8) is 0 Å². The van der Waals surface area contributed by atoms with Crippen molar-refractivity contribution >= 4 is 18.0 Å². The van der Waals surface area contributed by atoms with Crippen LogP contribution in [-0.2, 0) is 19.1 Å². The standard InChI is InChI=1S/C38H46O7/c1-30(2)38(40)45-29-13-7-5-11-27-43-35-23-18-32(19-24-35)31-16-21-34(22-17-31)42-26-10-4-6-12-28-44-37(39)25-20-33-14-8-9-15-36(33)41-3/h8-9,14-25H,1,4-7,10-13,26-29H2,2-3H3/b25-20+. The Morgan fingerprint density at radius 1 is 0.644 bits per heavy atom. The van der Waals surface area contributed by atoms with E-state index in [1.54, 1.807) is 20.1 Å². The number of hydrogen-bond donors (Lipinski definition) is 0. The molecule has 45 heavy (non-hydrogen) atoms. The highest BCUT2D eigenvalue weighted by Gasteiger charge is 2.04. The Bertz CT molecular complexity index is 1340. The maximum atomic E-state index is 12.0. The van der Waals surface area contributed by atoms with Crippen molar-refractivity contribution in [1.82, 2.24) is 0 Å². The fraction of sp³-hybridized carbons (Fsp3) is 0.368. The van der Waals surface area contributed by atoms with E-state index in [2.05, 4.69) is 30.8 Å². The SMILES string of the molecule is C=C(C)C(=O)OCCCCCCOc1ccc(-c2ccc(OCCCCCCOC(=O)/C=C/c3ccccc3OC)cc2)cc1. The number of benzene rings is 3. The number of hydrogen-bond acceptors (Lipinski definition) is 7. The van der Waals surface area contributed by atoms with Crippen LogP contribution < -0.4 is 14.2 Å². The van der Waals surface area contributed by atoms with E-state index in [9.17, 15) is 9.59 Å². The topological polar surface area (TPSA) is 80.3 Å². The van der Waals surface area contributed by atoms with Crippen LogP contribution in [0, 0.1) is 0 Å². The van der Waals surface area contributed by atoms with E-state index < -0.39 is 0 Å². The third-order valence-electron chi connectivity index (χ3n) is 7.02. The molecule has 3 aromatic rings. The van der Waals surface area contributed by atoms with E-state index in [1.165, 1.54) is 6.08 Å². The first-order valence-corrected chi connectivity index (χ1v) is 15.7. The summed E-state index contributed by atoms with van der Waals surface area (Å²) in [5, 5.41) is 0. The van der Waals surface area contributed by atoms with Gasteiger partial charge in [-0.25, -0.2) is 9.59 Å². The van der Waals surface area contributed by atoms with Crippen LogP contribution in [0.5, 0.6) is 17.2 Å². The average Bonchev–Trinajstić information content (AvgIpc) is 3.06. The molecule has 0 fully saturated rings. The average molecular weight is 615 g/mol. The molecular formula is C38H46O7. The van der Waals surface area contributed by atoms with Gasteiger partial charge in [0.1, 0.15) is 17.2 Å². The summed E-state index contributed by atoms with van der Waals surface area (Å²) >= 11 is 0. The molecule has 0 atom stereocenters. The number of carbonyl (C=O) groups excluding carboxylic acids is 2. The van der Waals surface area contributed by atoms with Gasteiger partial charge in [0.25, 0.3) is 0 Å². The molecule has 0 saturated carbocycles. The Morgan fingerprint density at radius 3 is 1.64 bits per heavy atom. The van der Waals surface area contributed by atoms with E-state index in [0.717, 1.165) is 79.6 Å². The van der Waals surface area contributed by atoms with Gasteiger partial charge in [0.2, 0.25) is 0 Å². The number of esters is 2. The molecular weight excluding hydrogens is 568 g/mol. The summed E-state index contributed by atoms with van der Waals surface area (Å²) in [4.78, 5) is 23.3. The zero-order valence-electron chi connectivity index (χ0n) is 26.6. The Morgan fingerprint density at radius 2 is 1.13 bits per heavy atom. The quantitative estimate of drug-likeness (QED) is 0.0675. The number of para-hydroxylation sites is 1. The summed E-state index contributed by atoms with van der Waals surface area (Å²) in [6.45, 7) is 7.38. The summed E-state index contributed by atoms with van der Waals surface area (Å²) in [6.07, 6.45) is 10.7. The number of carbonyl (C=O) groups is 2. The van der Waals surface area contributed by atoms with Crippen molar-refractivity contribution in [2.75, 3.05) is 33.5 Å². The molecule has 0 aliphatic rings. The Labute approximate surface area is 267 Å². The summed E-state index contributed by atoms with van der Waals surface area (Å²) in [5.41, 5.74) is 3.51. The number of unbranched alkanes of at least 4 members (excludes halogenated alkanes) is 6. The third kappa shape index (κ3) is 13.8. The van der Waals surface area contributed by atoms with Crippen molar-refractivity contribution in [2.24, 2.45) is 0 Å². The van der Waals surface area contributed by atoms with Gasteiger partial charge in [-0.1, -0.05) is 49.0 Å². The van der Waals surface area contributed by atoms with Gasteiger partial charge < -0.3 is 23.7 Å². The van der Waals surface area contributed by atoms with Crippen LogP contribution in [0.1, 0.15) is 63.9 Å². The second kappa shape index (κ2) is 20.4. The molecule has 0 bridgehead atoms. The minimum Gasteiger partial charge on any atom is -0.496 e. The summed E-state index contributed by atoms with van der Waals surface area (Å²) in [5.74, 6) is 1.75. The van der Waals surface area contributed by atoms with Crippen LogP contribution in [0.25, 0.3) is 17.2 Å². The fourth-order valence-corrected chi connectivity index (χ4v) is 4.45. The largest absolute Gasteiger partial charge is 0.496 e. The number of ether oxygens (including phenoxy) is 5. The highest BCUT2D eigenvalue weighted by molar-refractivity contribution is 5.87. The lowest BCUT2D eigenvalue weighted by Crippen LogP contribution is -2.06. The van der Waals surface area contributed by atoms with Crippen molar-refractivity contribution < 1.29 is 33.3 Å². The van der Waals surface area contributed by atoms with Gasteiger partial charge in [-0.2, -0.15) is 0 Å². The van der Waals surface area contributed by atoms with E-state index in [4.69, 9.17) is 23.7 Å². The molecule has 0 heterocycles. The molecule has 7 heteroatoms. The Hall–Kier alpha value is -4.52. The van der Waals surface area contributed by atoms with Crippen LogP contribution >= 0.6 is 0 Å². The molecule has 240 valence electrons. The summed E-state index contributed by atoms with van der Waals surface area (Å²) in [7, 11) is 1.60. The molecule has 3 aromatic carbocycles. The normalized spacial score (nSPS) is 10.8. The zero-order chi connectivity index (χ0) is 32.1. The minimum absolute atomic E-state index is 0.320. The van der Waals surface area contributed by atoms with Crippen molar-refractivity contribution in [3.05, 3.63) is 96.6 Å². The zero-order valence-corrected chi connectivity index (χ0v) is 26.6. The minimum atomic E-state index is -0.350. The first kappa shape index (κ1) is 35.0. The molecule has 0 amide bonds. The van der Waals surface area contributed by atoms with Gasteiger partial charge in [-0.15, -0.1) is 0 Å². The maximum Gasteiger partial charge on any atom is 0.333 e. The lowest BCUT2D eigenvalue weighted by Gasteiger charge is -2.09. The van der Waals surface area contributed by atoms with Crippen LogP contribution in [0.4, 0.5) is 0 Å². The maximum absolute atomic E-state index is 12.0. The first-order chi connectivity index (χ1) is 22.0. The highest BCUT2D eigenvalue weighted by atomic mass is 16.5. The van der Waals surface area contributed by atoms with E-state index >= 15 is 0 Å². The van der Waals surface area contributed by atoms with Gasteiger partial charge in [0.15, 0.2) is 0 Å². The van der Waals surface area contributed by atoms with Crippen LogP contribution in [-0.4, -0.2) is 45.5 Å². The predicted octanol–water partition coefficient (Wildman–Crippen LogP) is 8.62. The van der Waals surface area contributed by atoms with Crippen LogP contribution in [0.3, 0.4) is 0 Å². The Balaban J connectivity index is 1.22. The van der Waals surface area contributed by atoms with Gasteiger partial charge in [-0.3, -0.25) is 0 Å². The smallest absolute Gasteiger partial charge is 0.333 e. The number of rotatable bonds is 21. The number of methoxy groups -OCH3 is 1. The first-order valence-electron chi connectivity index (χ1n) is 15.7. The lowest BCUT2D eigenvalue weighted by molar-refractivity contribution is -0.139. The molecule has 0 aliphatic carbocycles. The summed E-state index contributed by atoms with van der Waals surface area (Å²) < 4.78 is 27.5. The molecule has 7 nitrogen and oxygen atoms in total. The Kier molecular flexibility index (Phi) is 15.9. The monoisotopic (exact) mass is 614 g/mol. The lowest BCUT2D eigenvalue weighted by atomic mass is 10.1. The van der Waals surface area contributed by atoms with Gasteiger partial charge >= 0.3 is 11.9 Å². The van der Waals surface area contributed by atoms with E-state index in [-0.39, 0.29) is 11.9 Å². The van der Waals surface area contributed by atoms with Gasteiger partial charge in [0, 0.05) is 17.2 Å². The third-order valence-corrected chi connectivity index (χ3v) is 7.02. The van der Waals surface area contributed by atoms with Gasteiger partial charge in [0.05, 0.1) is 33.5 Å². The highest BCUT2D eigenvalue weighted by Crippen LogP contribution is 2.25.